The van der Waals surface area contributed by atoms with E-state index in [1.807, 2.05) is 13.0 Å². The monoisotopic (exact) mass is 144 g/mol. The van der Waals surface area contributed by atoms with Crippen LogP contribution in [0.3, 0.4) is 0 Å². The number of nitrogens with one attached hydrogen (secondary N) is 1. The summed E-state index contributed by atoms with van der Waals surface area (Å²) in [5.41, 5.74) is 1.04. The normalized spacial score (nSPS) is 8.00. The van der Waals surface area contributed by atoms with E-state index in [2.05, 4.69) is 10.2 Å². The molecule has 10 heavy (non-hydrogen) atoms. The molecular weight excluding hydrogens is 135 g/mol. The molecule has 0 amide bonds. The summed E-state index contributed by atoms with van der Waals surface area (Å²) >= 11 is 0. The number of rotatable bonds is 0. The molecule has 0 spiro atoms. The van der Waals surface area contributed by atoms with Gasteiger partial charge in [-0.15, -0.1) is 0 Å². The van der Waals surface area contributed by atoms with Crippen LogP contribution >= 0.6 is 0 Å². The van der Waals surface area contributed by atoms with Crippen molar-refractivity contribution in [1.29, 1.82) is 0 Å². The van der Waals surface area contributed by atoms with Gasteiger partial charge in [0, 0.05) is 6.20 Å². The van der Waals surface area contributed by atoms with Crippen LogP contribution in [0, 0.1) is 6.92 Å². The summed E-state index contributed by atoms with van der Waals surface area (Å²) in [6.45, 7) is 1.94. The number of hydrogen-bond acceptors (Lipinski definition) is 4. The van der Waals surface area contributed by atoms with E-state index < -0.39 is 7.32 Å². The number of hydrogen-bond donors (Lipinski definition) is 4. The van der Waals surface area contributed by atoms with Gasteiger partial charge in [-0.25, -0.2) is 0 Å². The molecule has 1 rings (SSSR count). The molecule has 5 nitrogen and oxygen atoms in total. The topological polar surface area (TPSA) is 89.4 Å². The zero-order chi connectivity index (χ0) is 7.98. The highest BCUT2D eigenvalue weighted by molar-refractivity contribution is 6.30. The predicted molar refractivity (Wildman–Crippen MR) is 35.7 cm³/mol. The summed E-state index contributed by atoms with van der Waals surface area (Å²) < 4.78 is 0. The predicted octanol–water partition coefficient (Wildman–Crippen LogP) is -1.33. The average molecular weight is 144 g/mol. The van der Waals surface area contributed by atoms with Crippen molar-refractivity contribution in [3.05, 3.63) is 18.0 Å². The molecule has 56 valence electrons. The van der Waals surface area contributed by atoms with Gasteiger partial charge in [0.2, 0.25) is 0 Å². The quantitative estimate of drug-likeness (QED) is 0.339. The van der Waals surface area contributed by atoms with Crippen molar-refractivity contribution >= 4 is 7.32 Å². The summed E-state index contributed by atoms with van der Waals surface area (Å²) in [7, 11) is -2.17. The molecular formula is C4H9BN2O3. The summed E-state index contributed by atoms with van der Waals surface area (Å²) in [6, 6.07) is 1.92. The molecule has 0 radical (unpaired) electrons. The third kappa shape index (κ3) is 7.15. The number of H-pyrrole nitrogens is 1. The standard InChI is InChI=1S/C4H6N2.BH3O3/c1-4-2-3-5-6-4;2-1(3)4/h2-3H,1H3,(H,5,6);2-4H. The minimum atomic E-state index is -2.17. The van der Waals surface area contributed by atoms with Crippen molar-refractivity contribution < 1.29 is 15.1 Å². The fraction of sp³-hybridized carbons (Fsp3) is 0.250. The van der Waals surface area contributed by atoms with E-state index in [1.165, 1.54) is 0 Å². The van der Waals surface area contributed by atoms with E-state index in [0.29, 0.717) is 0 Å². The maximum Gasteiger partial charge on any atom is 0.631 e. The molecule has 0 unspecified atom stereocenters. The van der Waals surface area contributed by atoms with E-state index in [-0.39, 0.29) is 0 Å². The molecule has 0 aliphatic carbocycles. The molecule has 1 aromatic heterocycles. The molecule has 0 aliphatic heterocycles. The maximum absolute atomic E-state index is 7.17. The second-order valence-electron chi connectivity index (χ2n) is 1.56. The summed E-state index contributed by atoms with van der Waals surface area (Å²) in [5.74, 6) is 0. The Morgan fingerprint density at radius 2 is 2.00 bits per heavy atom. The van der Waals surface area contributed by atoms with Gasteiger partial charge >= 0.3 is 7.32 Å². The minimum absolute atomic E-state index is 1.04. The first-order valence-electron chi connectivity index (χ1n) is 2.63. The molecule has 0 saturated carbocycles. The molecule has 0 bridgehead atoms. The lowest BCUT2D eigenvalue weighted by molar-refractivity contribution is 0.278. The fourth-order valence-electron chi connectivity index (χ4n) is 0.334. The molecule has 0 fully saturated rings. The first kappa shape index (κ1) is 9.15. The molecule has 0 aromatic carbocycles. The van der Waals surface area contributed by atoms with Gasteiger partial charge in [0.05, 0.1) is 5.69 Å². The van der Waals surface area contributed by atoms with Gasteiger partial charge in [-0.05, 0) is 13.0 Å². The van der Waals surface area contributed by atoms with Gasteiger partial charge in [0.1, 0.15) is 0 Å². The Morgan fingerprint density at radius 1 is 1.50 bits per heavy atom. The van der Waals surface area contributed by atoms with Crippen molar-refractivity contribution in [1.82, 2.24) is 10.2 Å². The van der Waals surface area contributed by atoms with Gasteiger partial charge < -0.3 is 15.1 Å². The van der Waals surface area contributed by atoms with Gasteiger partial charge in [0.15, 0.2) is 0 Å². The molecule has 0 atom stereocenters. The highest BCUT2D eigenvalue weighted by Gasteiger charge is 1.92. The van der Waals surface area contributed by atoms with E-state index in [0.717, 1.165) is 5.69 Å². The SMILES string of the molecule is Cc1cc[nH]n1.OB(O)O. The van der Waals surface area contributed by atoms with Crippen LogP contribution in [0.25, 0.3) is 0 Å². The molecule has 6 heteroatoms. The summed E-state index contributed by atoms with van der Waals surface area (Å²) in [6.07, 6.45) is 1.80. The summed E-state index contributed by atoms with van der Waals surface area (Å²) in [4.78, 5) is 0. The molecule has 4 N–H and O–H groups in total. The molecule has 1 heterocycles. The molecule has 0 saturated heterocycles. The highest BCUT2D eigenvalue weighted by Crippen LogP contribution is 1.82. The van der Waals surface area contributed by atoms with E-state index in [4.69, 9.17) is 15.1 Å². The van der Waals surface area contributed by atoms with E-state index in [1.54, 1.807) is 6.20 Å². The first-order valence-corrected chi connectivity index (χ1v) is 2.63. The number of aryl methyl sites for hydroxylation is 1. The Balaban J connectivity index is 0.000000180. The second-order valence-corrected chi connectivity index (χ2v) is 1.56. The molecule has 0 aliphatic rings. The Morgan fingerprint density at radius 3 is 2.10 bits per heavy atom. The van der Waals surface area contributed by atoms with Gasteiger partial charge in [0.25, 0.3) is 0 Å². The number of aromatic nitrogens is 2. The highest BCUT2D eigenvalue weighted by atomic mass is 16.5. The number of nitrogens with zero attached hydrogens (tertiary/aromatic N) is 1. The minimum Gasteiger partial charge on any atom is -0.402 e. The van der Waals surface area contributed by atoms with Crippen LogP contribution < -0.4 is 0 Å². The van der Waals surface area contributed by atoms with Gasteiger partial charge in [-0.2, -0.15) is 5.10 Å². The zero-order valence-corrected chi connectivity index (χ0v) is 5.52. The lowest BCUT2D eigenvalue weighted by Gasteiger charge is -1.69. The zero-order valence-electron chi connectivity index (χ0n) is 5.52. The van der Waals surface area contributed by atoms with Crippen molar-refractivity contribution in [3.63, 3.8) is 0 Å². The summed E-state index contributed by atoms with van der Waals surface area (Å²) in [5, 5.41) is 28.0. The van der Waals surface area contributed by atoms with E-state index in [9.17, 15) is 0 Å². The van der Waals surface area contributed by atoms with Crippen LogP contribution in [0.15, 0.2) is 12.3 Å². The fourth-order valence-corrected chi connectivity index (χ4v) is 0.334. The van der Waals surface area contributed by atoms with Crippen LogP contribution in [0.2, 0.25) is 0 Å². The smallest absolute Gasteiger partial charge is 0.402 e. The molecule has 1 aromatic rings. The first-order chi connectivity index (χ1) is 4.63. The number of aromatic amines is 1. The van der Waals surface area contributed by atoms with Crippen molar-refractivity contribution in [2.45, 2.75) is 6.92 Å². The van der Waals surface area contributed by atoms with Crippen LogP contribution in [0.1, 0.15) is 5.69 Å². The van der Waals surface area contributed by atoms with Crippen LogP contribution in [0.4, 0.5) is 0 Å². The Bertz CT molecular complexity index is 151. The van der Waals surface area contributed by atoms with Crippen molar-refractivity contribution in [2.24, 2.45) is 0 Å². The Labute approximate surface area is 58.5 Å². The second kappa shape index (κ2) is 4.98. The van der Waals surface area contributed by atoms with Crippen molar-refractivity contribution in [3.8, 4) is 0 Å². The Hall–Kier alpha value is -0.845. The van der Waals surface area contributed by atoms with Crippen LogP contribution in [-0.4, -0.2) is 32.6 Å². The lowest BCUT2D eigenvalue weighted by atomic mass is 10.3. The lowest BCUT2D eigenvalue weighted by Crippen LogP contribution is -2.07. The van der Waals surface area contributed by atoms with Gasteiger partial charge in [-0.3, -0.25) is 5.10 Å². The largest absolute Gasteiger partial charge is 0.631 e. The van der Waals surface area contributed by atoms with Crippen molar-refractivity contribution in [2.75, 3.05) is 0 Å². The average Bonchev–Trinajstić information content (AvgIpc) is 2.15. The van der Waals surface area contributed by atoms with Crippen LogP contribution in [-0.2, 0) is 0 Å². The van der Waals surface area contributed by atoms with E-state index >= 15 is 0 Å². The maximum atomic E-state index is 7.17. The van der Waals surface area contributed by atoms with Gasteiger partial charge in [-0.1, -0.05) is 0 Å². The van der Waals surface area contributed by atoms with Crippen LogP contribution in [0.5, 0.6) is 0 Å². The third-order valence-corrected chi connectivity index (χ3v) is 0.640. The third-order valence-electron chi connectivity index (χ3n) is 0.640. The Kier molecular flexibility index (Phi) is 4.56.